The molecule has 0 aliphatic heterocycles. The van der Waals surface area contributed by atoms with Crippen LogP contribution in [0, 0.1) is 0 Å². The summed E-state index contributed by atoms with van der Waals surface area (Å²) in [5, 5.41) is 13.3. The Morgan fingerprint density at radius 2 is 2.15 bits per heavy atom. The van der Waals surface area contributed by atoms with Crippen LogP contribution in [0.2, 0.25) is 0 Å². The van der Waals surface area contributed by atoms with Gasteiger partial charge in [-0.15, -0.1) is 0 Å². The van der Waals surface area contributed by atoms with Crippen molar-refractivity contribution in [1.29, 1.82) is 0 Å². The van der Waals surface area contributed by atoms with Crippen molar-refractivity contribution in [3.8, 4) is 11.6 Å². The molecule has 1 aliphatic carbocycles. The van der Waals surface area contributed by atoms with Gasteiger partial charge in [0.2, 0.25) is 0 Å². The molecule has 7 heteroatoms. The molecule has 2 aromatic heterocycles. The maximum Gasteiger partial charge on any atom is 0.181 e. The van der Waals surface area contributed by atoms with Crippen LogP contribution in [0.25, 0.3) is 5.82 Å². The van der Waals surface area contributed by atoms with Crippen molar-refractivity contribution >= 4 is 9.84 Å². The van der Waals surface area contributed by atoms with Crippen molar-refractivity contribution in [2.75, 3.05) is 5.75 Å². The molecule has 0 aromatic carbocycles. The van der Waals surface area contributed by atoms with E-state index in [1.165, 1.54) is 17.1 Å². The van der Waals surface area contributed by atoms with Crippen LogP contribution < -0.4 is 0 Å². The van der Waals surface area contributed by atoms with E-state index in [9.17, 15) is 13.5 Å². The Hall–Kier alpha value is -1.89. The molecule has 0 amide bonds. The van der Waals surface area contributed by atoms with Crippen LogP contribution in [-0.2, 0) is 9.84 Å². The molecule has 0 saturated heterocycles. The van der Waals surface area contributed by atoms with Crippen LogP contribution in [0.3, 0.4) is 0 Å². The van der Waals surface area contributed by atoms with Crippen molar-refractivity contribution in [3.05, 3.63) is 30.2 Å². The van der Waals surface area contributed by atoms with Crippen molar-refractivity contribution in [2.45, 2.75) is 30.6 Å². The van der Waals surface area contributed by atoms with Gasteiger partial charge in [0.05, 0.1) is 18.1 Å². The van der Waals surface area contributed by atoms with Crippen molar-refractivity contribution in [3.63, 3.8) is 0 Å². The molecule has 6 nitrogen and oxygen atoms in total. The van der Waals surface area contributed by atoms with Gasteiger partial charge in [0.25, 0.3) is 0 Å². The zero-order valence-corrected chi connectivity index (χ0v) is 11.8. The van der Waals surface area contributed by atoms with Crippen molar-refractivity contribution in [2.24, 2.45) is 0 Å². The Balaban J connectivity index is 2.18. The first-order valence-electron chi connectivity index (χ1n) is 6.48. The second kappa shape index (κ2) is 4.59. The summed E-state index contributed by atoms with van der Waals surface area (Å²) in [5.74, 6) is 0.631. The number of pyridine rings is 1. The minimum Gasteiger partial charge on any atom is -0.505 e. The maximum atomic E-state index is 12.3. The van der Waals surface area contributed by atoms with E-state index in [-0.39, 0.29) is 22.2 Å². The normalized spacial score (nSPS) is 15.4. The van der Waals surface area contributed by atoms with Gasteiger partial charge in [-0.05, 0) is 30.4 Å². The summed E-state index contributed by atoms with van der Waals surface area (Å²) >= 11 is 0. The van der Waals surface area contributed by atoms with E-state index < -0.39 is 9.84 Å². The van der Waals surface area contributed by atoms with Crippen LogP contribution >= 0.6 is 0 Å². The van der Waals surface area contributed by atoms with E-state index in [4.69, 9.17) is 0 Å². The zero-order chi connectivity index (χ0) is 14.3. The van der Waals surface area contributed by atoms with E-state index in [1.807, 2.05) is 0 Å². The standard InChI is InChI=1S/C13H15N3O3S/c1-2-20(18,19)12-5-10(9-3-4-9)6-14-13(12)16-8-11(17)7-15-16/h5-9,17H,2-4H2,1H3. The largest absolute Gasteiger partial charge is 0.505 e. The molecule has 0 radical (unpaired) electrons. The first-order valence-corrected chi connectivity index (χ1v) is 8.13. The molecular formula is C13H15N3O3S. The van der Waals surface area contributed by atoms with Gasteiger partial charge < -0.3 is 5.11 Å². The number of aromatic hydroxyl groups is 1. The summed E-state index contributed by atoms with van der Waals surface area (Å²) in [5.41, 5.74) is 0.956. The van der Waals surface area contributed by atoms with Crippen molar-refractivity contribution in [1.82, 2.24) is 14.8 Å². The molecule has 1 aliphatic rings. The highest BCUT2D eigenvalue weighted by molar-refractivity contribution is 7.91. The molecule has 0 unspecified atom stereocenters. The third-order valence-electron chi connectivity index (χ3n) is 3.40. The van der Waals surface area contributed by atoms with Crippen LogP contribution in [0.4, 0.5) is 0 Å². The average Bonchev–Trinajstić information content (AvgIpc) is 3.20. The average molecular weight is 293 g/mol. The minimum atomic E-state index is -3.40. The Morgan fingerprint density at radius 3 is 2.70 bits per heavy atom. The summed E-state index contributed by atoms with van der Waals surface area (Å²) in [6, 6.07) is 1.69. The smallest absolute Gasteiger partial charge is 0.181 e. The minimum absolute atomic E-state index is 0.00303. The van der Waals surface area contributed by atoms with E-state index >= 15 is 0 Å². The Labute approximate surface area is 117 Å². The highest BCUT2D eigenvalue weighted by Gasteiger charge is 2.27. The van der Waals surface area contributed by atoms with Gasteiger partial charge in [0.1, 0.15) is 4.90 Å². The third kappa shape index (κ3) is 2.29. The van der Waals surface area contributed by atoms with Gasteiger partial charge in [0, 0.05) is 6.20 Å². The molecule has 0 spiro atoms. The third-order valence-corrected chi connectivity index (χ3v) is 5.13. The number of hydrogen-bond donors (Lipinski definition) is 1. The molecule has 1 fully saturated rings. The summed E-state index contributed by atoms with van der Waals surface area (Å²) in [6.07, 6.45) is 6.44. The summed E-state index contributed by atoms with van der Waals surface area (Å²) in [7, 11) is -3.40. The van der Waals surface area contributed by atoms with E-state index in [0.717, 1.165) is 18.4 Å². The molecule has 2 aromatic rings. The van der Waals surface area contributed by atoms with Gasteiger partial charge in [-0.1, -0.05) is 6.92 Å². The van der Waals surface area contributed by atoms with Crippen molar-refractivity contribution < 1.29 is 13.5 Å². The number of aromatic nitrogens is 3. The quantitative estimate of drug-likeness (QED) is 0.926. The van der Waals surface area contributed by atoms with Gasteiger partial charge >= 0.3 is 0 Å². The van der Waals surface area contributed by atoms with Gasteiger partial charge in [-0.2, -0.15) is 5.10 Å². The summed E-state index contributed by atoms with van der Waals surface area (Å²) in [6.45, 7) is 1.60. The van der Waals surface area contributed by atoms with Gasteiger partial charge in [-0.25, -0.2) is 18.1 Å². The SMILES string of the molecule is CCS(=O)(=O)c1cc(C2CC2)cnc1-n1cc(O)cn1. The molecule has 1 N–H and O–H groups in total. The molecule has 0 atom stereocenters. The number of nitrogens with zero attached hydrogens (tertiary/aromatic N) is 3. The van der Waals surface area contributed by atoms with E-state index in [2.05, 4.69) is 10.1 Å². The van der Waals surface area contributed by atoms with Gasteiger partial charge in [0.15, 0.2) is 21.4 Å². The fraction of sp³-hybridized carbons (Fsp3) is 0.385. The topological polar surface area (TPSA) is 85.1 Å². The molecule has 2 heterocycles. The summed E-state index contributed by atoms with van der Waals surface area (Å²) < 4.78 is 25.8. The van der Waals surface area contributed by atoms with Gasteiger partial charge in [-0.3, -0.25) is 0 Å². The number of rotatable bonds is 4. The Bertz CT molecular complexity index is 748. The molecule has 20 heavy (non-hydrogen) atoms. The first-order chi connectivity index (χ1) is 9.51. The molecule has 3 rings (SSSR count). The molecular weight excluding hydrogens is 278 g/mol. The van der Waals surface area contributed by atoms with Crippen LogP contribution in [0.15, 0.2) is 29.6 Å². The molecule has 106 valence electrons. The van der Waals surface area contributed by atoms with Crippen LogP contribution in [0.1, 0.15) is 31.2 Å². The lowest BCUT2D eigenvalue weighted by Crippen LogP contribution is -2.11. The maximum absolute atomic E-state index is 12.3. The second-order valence-corrected chi connectivity index (χ2v) is 7.16. The molecule has 0 bridgehead atoms. The first kappa shape index (κ1) is 13.1. The highest BCUT2D eigenvalue weighted by Crippen LogP contribution is 2.40. The summed E-state index contributed by atoms with van der Waals surface area (Å²) in [4.78, 5) is 4.42. The second-order valence-electron chi connectivity index (χ2n) is 4.91. The Kier molecular flexibility index (Phi) is 3.01. The zero-order valence-electron chi connectivity index (χ0n) is 11.0. The number of sulfone groups is 1. The highest BCUT2D eigenvalue weighted by atomic mass is 32.2. The lowest BCUT2D eigenvalue weighted by molar-refractivity contribution is 0.475. The van der Waals surface area contributed by atoms with E-state index in [0.29, 0.717) is 5.92 Å². The number of hydrogen-bond acceptors (Lipinski definition) is 5. The fourth-order valence-electron chi connectivity index (χ4n) is 2.08. The lowest BCUT2D eigenvalue weighted by atomic mass is 10.2. The lowest BCUT2D eigenvalue weighted by Gasteiger charge is -2.10. The van der Waals surface area contributed by atoms with E-state index in [1.54, 1.807) is 19.2 Å². The predicted molar refractivity (Wildman–Crippen MR) is 72.7 cm³/mol. The van der Waals surface area contributed by atoms with Crippen LogP contribution in [-0.4, -0.2) is 34.0 Å². The fourth-order valence-corrected chi connectivity index (χ4v) is 3.13. The monoisotopic (exact) mass is 293 g/mol. The Morgan fingerprint density at radius 1 is 1.40 bits per heavy atom. The predicted octanol–water partition coefficient (Wildman–Crippen LogP) is 1.64. The van der Waals surface area contributed by atoms with Crippen LogP contribution in [0.5, 0.6) is 5.75 Å². The molecule has 1 saturated carbocycles.